The number of hydrogen-bond acceptors (Lipinski definition) is 4. The molecule has 0 radical (unpaired) electrons. The number of fused-ring (bicyclic) bond motifs is 2. The molecule has 1 heterocycles. The van der Waals surface area contributed by atoms with Crippen molar-refractivity contribution in [3.05, 3.63) is 46.8 Å². The van der Waals surface area contributed by atoms with E-state index in [-0.39, 0.29) is 17.2 Å². The number of rotatable bonds is 6. The normalized spacial score (nSPS) is 11.2. The minimum Gasteiger partial charge on any atom is -0.343 e. The van der Waals surface area contributed by atoms with Crippen molar-refractivity contribution < 1.29 is 4.79 Å². The van der Waals surface area contributed by atoms with Gasteiger partial charge in [0.15, 0.2) is 5.16 Å². The van der Waals surface area contributed by atoms with Crippen LogP contribution < -0.4 is 5.56 Å². The first-order valence-corrected chi connectivity index (χ1v) is 9.91. The molecule has 0 saturated carbocycles. The Morgan fingerprint density at radius 1 is 1.12 bits per heavy atom. The molecule has 5 nitrogen and oxygen atoms in total. The van der Waals surface area contributed by atoms with Gasteiger partial charge in [-0.05, 0) is 43.7 Å². The average molecular weight is 369 g/mol. The molecule has 6 heteroatoms. The van der Waals surface area contributed by atoms with Crippen LogP contribution in [-0.4, -0.2) is 39.2 Å². The van der Waals surface area contributed by atoms with Gasteiger partial charge in [0.2, 0.25) is 5.91 Å². The third kappa shape index (κ3) is 3.46. The summed E-state index contributed by atoms with van der Waals surface area (Å²) >= 11 is 1.33. The van der Waals surface area contributed by atoms with Gasteiger partial charge in [0.1, 0.15) is 0 Å². The highest BCUT2D eigenvalue weighted by molar-refractivity contribution is 7.99. The monoisotopic (exact) mass is 369 g/mol. The van der Waals surface area contributed by atoms with Gasteiger partial charge in [0, 0.05) is 19.6 Å². The van der Waals surface area contributed by atoms with Crippen LogP contribution >= 0.6 is 11.8 Å². The standard InChI is InChI=1S/C20H23N3O2S/c1-4-22(5-2)18(24)13-26-20-21-17-12-15-10-8-7-9-14(15)11-16(17)19(25)23(20)6-3/h7-12H,4-6,13H2,1-3H3. The minimum absolute atomic E-state index is 0.0546. The second kappa shape index (κ2) is 7.91. The zero-order valence-corrected chi connectivity index (χ0v) is 16.2. The molecule has 1 amide bonds. The Labute approximate surface area is 157 Å². The van der Waals surface area contributed by atoms with Gasteiger partial charge in [0.25, 0.3) is 5.56 Å². The Bertz CT molecular complexity index is 1010. The van der Waals surface area contributed by atoms with Crippen molar-refractivity contribution in [3.63, 3.8) is 0 Å². The van der Waals surface area contributed by atoms with E-state index in [1.54, 1.807) is 9.47 Å². The molecule has 0 saturated heterocycles. The summed E-state index contributed by atoms with van der Waals surface area (Å²) < 4.78 is 1.65. The van der Waals surface area contributed by atoms with E-state index in [1.165, 1.54) is 11.8 Å². The van der Waals surface area contributed by atoms with Crippen molar-refractivity contribution in [1.29, 1.82) is 0 Å². The molecule has 0 aliphatic heterocycles. The van der Waals surface area contributed by atoms with Crippen molar-refractivity contribution in [2.24, 2.45) is 0 Å². The summed E-state index contributed by atoms with van der Waals surface area (Å²) in [5.41, 5.74) is 0.622. The zero-order valence-electron chi connectivity index (χ0n) is 15.4. The van der Waals surface area contributed by atoms with E-state index in [4.69, 9.17) is 4.98 Å². The lowest BCUT2D eigenvalue weighted by Crippen LogP contribution is -2.32. The first-order valence-electron chi connectivity index (χ1n) is 8.92. The van der Waals surface area contributed by atoms with Crippen LogP contribution in [0.3, 0.4) is 0 Å². The maximum Gasteiger partial charge on any atom is 0.262 e. The summed E-state index contributed by atoms with van der Waals surface area (Å²) in [6.07, 6.45) is 0. The van der Waals surface area contributed by atoms with E-state index >= 15 is 0 Å². The molecule has 0 fully saturated rings. The molecule has 0 spiro atoms. The van der Waals surface area contributed by atoms with Crippen LogP contribution in [-0.2, 0) is 11.3 Å². The lowest BCUT2D eigenvalue weighted by Gasteiger charge is -2.18. The predicted molar refractivity (Wildman–Crippen MR) is 108 cm³/mol. The molecule has 136 valence electrons. The highest BCUT2D eigenvalue weighted by Gasteiger charge is 2.15. The largest absolute Gasteiger partial charge is 0.343 e. The molecule has 0 aliphatic rings. The quantitative estimate of drug-likeness (QED) is 0.379. The van der Waals surface area contributed by atoms with Gasteiger partial charge in [0.05, 0.1) is 16.7 Å². The Balaban J connectivity index is 2.03. The van der Waals surface area contributed by atoms with Crippen molar-refractivity contribution in [2.75, 3.05) is 18.8 Å². The third-order valence-corrected chi connectivity index (χ3v) is 5.50. The highest BCUT2D eigenvalue weighted by atomic mass is 32.2. The number of carbonyl (C=O) groups is 1. The van der Waals surface area contributed by atoms with Gasteiger partial charge in [-0.25, -0.2) is 4.98 Å². The van der Waals surface area contributed by atoms with Crippen LogP contribution in [0.5, 0.6) is 0 Å². The van der Waals surface area contributed by atoms with Gasteiger partial charge in [-0.2, -0.15) is 0 Å². The second-order valence-corrected chi connectivity index (χ2v) is 6.96. The number of aromatic nitrogens is 2. The number of hydrogen-bond donors (Lipinski definition) is 0. The van der Waals surface area contributed by atoms with Crippen LogP contribution in [0.4, 0.5) is 0 Å². The summed E-state index contributed by atoms with van der Waals surface area (Å²) in [6.45, 7) is 7.75. The fourth-order valence-electron chi connectivity index (χ4n) is 3.07. The summed E-state index contributed by atoms with van der Waals surface area (Å²) in [4.78, 5) is 31.7. The molecule has 0 bridgehead atoms. The molecule has 26 heavy (non-hydrogen) atoms. The van der Waals surface area contributed by atoms with Crippen molar-refractivity contribution in [1.82, 2.24) is 14.5 Å². The SMILES string of the molecule is CCN(CC)C(=O)CSc1nc2cc3ccccc3cc2c(=O)n1CC. The van der Waals surface area contributed by atoms with Crippen molar-refractivity contribution in [3.8, 4) is 0 Å². The van der Waals surface area contributed by atoms with E-state index in [2.05, 4.69) is 0 Å². The van der Waals surface area contributed by atoms with E-state index in [1.807, 2.05) is 57.2 Å². The molecular formula is C20H23N3O2S. The number of carbonyl (C=O) groups excluding carboxylic acids is 1. The number of nitrogens with zero attached hydrogens (tertiary/aromatic N) is 3. The highest BCUT2D eigenvalue weighted by Crippen LogP contribution is 2.23. The molecule has 3 rings (SSSR count). The van der Waals surface area contributed by atoms with Crippen molar-refractivity contribution in [2.45, 2.75) is 32.5 Å². The maximum atomic E-state index is 12.9. The lowest BCUT2D eigenvalue weighted by atomic mass is 10.1. The number of thioether (sulfide) groups is 1. The maximum absolute atomic E-state index is 12.9. The van der Waals surface area contributed by atoms with Crippen LogP contribution in [0, 0.1) is 0 Å². The summed E-state index contributed by atoms with van der Waals surface area (Å²) in [5.74, 6) is 0.350. The van der Waals surface area contributed by atoms with Gasteiger partial charge in [-0.15, -0.1) is 0 Å². The zero-order chi connectivity index (χ0) is 18.7. The first kappa shape index (κ1) is 18.5. The molecule has 0 atom stereocenters. The average Bonchev–Trinajstić information content (AvgIpc) is 2.66. The Kier molecular flexibility index (Phi) is 5.61. The van der Waals surface area contributed by atoms with Gasteiger partial charge < -0.3 is 4.90 Å². The van der Waals surface area contributed by atoms with E-state index in [0.717, 1.165) is 10.8 Å². The van der Waals surface area contributed by atoms with Crippen LogP contribution in [0.1, 0.15) is 20.8 Å². The Morgan fingerprint density at radius 3 is 2.38 bits per heavy atom. The van der Waals surface area contributed by atoms with Gasteiger partial charge in [-0.3, -0.25) is 14.2 Å². The minimum atomic E-state index is -0.0546. The van der Waals surface area contributed by atoms with Gasteiger partial charge >= 0.3 is 0 Å². The molecule has 3 aromatic rings. The number of benzene rings is 2. The lowest BCUT2D eigenvalue weighted by molar-refractivity contribution is -0.127. The smallest absolute Gasteiger partial charge is 0.262 e. The van der Waals surface area contributed by atoms with E-state index < -0.39 is 0 Å². The van der Waals surface area contributed by atoms with E-state index in [0.29, 0.717) is 35.7 Å². The third-order valence-electron chi connectivity index (χ3n) is 4.54. The van der Waals surface area contributed by atoms with E-state index in [9.17, 15) is 9.59 Å². The molecule has 1 aromatic heterocycles. The topological polar surface area (TPSA) is 55.2 Å². The molecule has 0 N–H and O–H groups in total. The van der Waals surface area contributed by atoms with Crippen LogP contribution in [0.25, 0.3) is 21.7 Å². The molecule has 0 aliphatic carbocycles. The van der Waals surface area contributed by atoms with Crippen LogP contribution in [0.15, 0.2) is 46.3 Å². The fourth-order valence-corrected chi connectivity index (χ4v) is 4.04. The predicted octanol–water partition coefficient (Wildman–Crippen LogP) is 3.53. The number of amides is 1. The summed E-state index contributed by atoms with van der Waals surface area (Å²) in [5, 5.41) is 3.29. The van der Waals surface area contributed by atoms with Gasteiger partial charge in [-0.1, -0.05) is 36.0 Å². The fraction of sp³-hybridized carbons (Fsp3) is 0.350. The molecular weight excluding hydrogens is 346 g/mol. The first-order chi connectivity index (χ1) is 12.6. The van der Waals surface area contributed by atoms with Crippen LogP contribution in [0.2, 0.25) is 0 Å². The second-order valence-electron chi connectivity index (χ2n) is 6.02. The Hall–Kier alpha value is -2.34. The Morgan fingerprint density at radius 2 is 1.77 bits per heavy atom. The van der Waals surface area contributed by atoms with Crippen molar-refractivity contribution >= 4 is 39.3 Å². The summed E-state index contributed by atoms with van der Waals surface area (Å²) in [6, 6.07) is 11.8. The molecule has 2 aromatic carbocycles. The molecule has 0 unspecified atom stereocenters. The summed E-state index contributed by atoms with van der Waals surface area (Å²) in [7, 11) is 0.